The molecule has 2 nitrogen and oxygen atoms in total. The molecule has 0 aliphatic carbocycles. The largest absolute Gasteiger partial charge is 0.335 e. The van der Waals surface area contributed by atoms with Gasteiger partial charge >= 0.3 is 0 Å². The third-order valence-corrected chi connectivity index (χ3v) is 5.92. The third-order valence-electron chi connectivity index (χ3n) is 4.08. The summed E-state index contributed by atoms with van der Waals surface area (Å²) in [7, 11) is 0. The van der Waals surface area contributed by atoms with Gasteiger partial charge in [0.2, 0.25) is 5.91 Å². The lowest BCUT2D eigenvalue weighted by Crippen LogP contribution is -2.30. The molecule has 1 aliphatic rings. The van der Waals surface area contributed by atoms with E-state index < -0.39 is 0 Å². The molecule has 1 aliphatic heterocycles. The molecule has 116 valence electrons. The number of nitrogens with zero attached hydrogens (tertiary/aromatic N) is 1. The number of hydrogen-bond acceptors (Lipinski definition) is 2. The summed E-state index contributed by atoms with van der Waals surface area (Å²) in [6.45, 7) is 0.852. The predicted octanol–water partition coefficient (Wildman–Crippen LogP) is 5.35. The normalized spacial score (nSPS) is 17.9. The number of thiophene rings is 1. The van der Waals surface area contributed by atoms with Crippen LogP contribution >= 0.6 is 34.5 Å². The van der Waals surface area contributed by atoms with Gasteiger partial charge in [0, 0.05) is 17.8 Å². The van der Waals surface area contributed by atoms with Gasteiger partial charge in [-0.2, -0.15) is 0 Å². The average Bonchev–Trinajstić information content (AvgIpc) is 3.18. The standard InChI is InChI=1S/C17H17Cl2NOS/c18-13-5-1-4-12(17(13)19)8-9-16(21)20-10-2-6-14(20)15-7-3-11-22-15/h1,3-5,7,11,14H,2,6,8-10H2. The molecule has 0 spiro atoms. The van der Waals surface area contributed by atoms with Crippen molar-refractivity contribution in [2.45, 2.75) is 31.7 Å². The van der Waals surface area contributed by atoms with Crippen LogP contribution < -0.4 is 0 Å². The van der Waals surface area contributed by atoms with Crippen LogP contribution in [0.25, 0.3) is 0 Å². The molecule has 1 unspecified atom stereocenters. The van der Waals surface area contributed by atoms with Crippen molar-refractivity contribution in [3.05, 3.63) is 56.2 Å². The highest BCUT2D eigenvalue weighted by molar-refractivity contribution is 7.10. The van der Waals surface area contributed by atoms with E-state index in [0.29, 0.717) is 22.9 Å². The number of halogens is 2. The second-order valence-corrected chi connectivity index (χ2v) is 7.24. The highest BCUT2D eigenvalue weighted by atomic mass is 35.5. The summed E-state index contributed by atoms with van der Waals surface area (Å²) >= 11 is 13.9. The van der Waals surface area contributed by atoms with E-state index in [1.54, 1.807) is 17.4 Å². The van der Waals surface area contributed by atoms with Crippen LogP contribution in [-0.4, -0.2) is 17.4 Å². The van der Waals surface area contributed by atoms with E-state index in [-0.39, 0.29) is 11.9 Å². The summed E-state index contributed by atoms with van der Waals surface area (Å²) in [5.74, 6) is 0.201. The minimum Gasteiger partial charge on any atom is -0.335 e. The van der Waals surface area contributed by atoms with Crippen LogP contribution in [0.1, 0.15) is 35.7 Å². The zero-order valence-corrected chi connectivity index (χ0v) is 14.4. The molecule has 0 radical (unpaired) electrons. The number of rotatable bonds is 4. The second-order valence-electron chi connectivity index (χ2n) is 5.47. The van der Waals surface area contributed by atoms with Crippen LogP contribution in [0.5, 0.6) is 0 Å². The van der Waals surface area contributed by atoms with Crippen molar-refractivity contribution in [3.8, 4) is 0 Å². The zero-order chi connectivity index (χ0) is 15.5. The maximum atomic E-state index is 12.6. The van der Waals surface area contributed by atoms with Gasteiger partial charge in [-0.1, -0.05) is 41.4 Å². The van der Waals surface area contributed by atoms with E-state index in [1.807, 2.05) is 23.1 Å². The molecule has 1 aromatic heterocycles. The number of carbonyl (C=O) groups excluding carboxylic acids is 1. The first-order valence-corrected chi connectivity index (χ1v) is 9.06. The van der Waals surface area contributed by atoms with E-state index in [0.717, 1.165) is 24.9 Å². The highest BCUT2D eigenvalue weighted by Gasteiger charge is 2.30. The molecule has 3 rings (SSSR count). The molecule has 2 aromatic rings. The number of benzene rings is 1. The van der Waals surface area contributed by atoms with Gasteiger partial charge < -0.3 is 4.90 Å². The highest BCUT2D eigenvalue weighted by Crippen LogP contribution is 2.35. The molecule has 1 saturated heterocycles. The Hall–Kier alpha value is -1.03. The monoisotopic (exact) mass is 353 g/mol. The Labute approximate surface area is 144 Å². The van der Waals surface area contributed by atoms with Crippen molar-refractivity contribution < 1.29 is 4.79 Å². The summed E-state index contributed by atoms with van der Waals surface area (Å²) < 4.78 is 0. The van der Waals surface area contributed by atoms with Gasteiger partial charge in [0.1, 0.15) is 0 Å². The lowest BCUT2D eigenvalue weighted by Gasteiger charge is -2.24. The van der Waals surface area contributed by atoms with Crippen molar-refractivity contribution >= 4 is 40.4 Å². The molecule has 1 atom stereocenters. The molecule has 0 saturated carbocycles. The van der Waals surface area contributed by atoms with E-state index in [1.165, 1.54) is 4.88 Å². The van der Waals surface area contributed by atoms with Crippen LogP contribution in [0, 0.1) is 0 Å². The molecule has 22 heavy (non-hydrogen) atoms. The zero-order valence-electron chi connectivity index (χ0n) is 12.1. The lowest BCUT2D eigenvalue weighted by atomic mass is 10.1. The summed E-state index contributed by atoms with van der Waals surface area (Å²) in [5, 5.41) is 3.18. The van der Waals surface area contributed by atoms with Crippen LogP contribution in [0.15, 0.2) is 35.7 Å². The van der Waals surface area contributed by atoms with Crippen molar-refractivity contribution in [2.75, 3.05) is 6.54 Å². The minimum atomic E-state index is 0.201. The topological polar surface area (TPSA) is 20.3 Å². The SMILES string of the molecule is O=C(CCc1cccc(Cl)c1Cl)N1CCCC1c1cccs1. The van der Waals surface area contributed by atoms with Crippen molar-refractivity contribution in [1.82, 2.24) is 4.90 Å². The first-order valence-electron chi connectivity index (χ1n) is 7.42. The molecule has 2 heterocycles. The van der Waals surface area contributed by atoms with E-state index >= 15 is 0 Å². The van der Waals surface area contributed by atoms with E-state index in [9.17, 15) is 4.79 Å². The summed E-state index contributed by atoms with van der Waals surface area (Å²) in [4.78, 5) is 15.9. The molecule has 5 heteroatoms. The smallest absolute Gasteiger partial charge is 0.223 e. The van der Waals surface area contributed by atoms with E-state index in [2.05, 4.69) is 11.4 Å². The minimum absolute atomic E-state index is 0.201. The first kappa shape index (κ1) is 15.9. The molecule has 1 fully saturated rings. The van der Waals surface area contributed by atoms with Crippen molar-refractivity contribution in [1.29, 1.82) is 0 Å². The maximum absolute atomic E-state index is 12.6. The molecular weight excluding hydrogens is 337 g/mol. The first-order chi connectivity index (χ1) is 10.7. The second kappa shape index (κ2) is 7.03. The van der Waals surface area contributed by atoms with Crippen molar-refractivity contribution in [2.24, 2.45) is 0 Å². The van der Waals surface area contributed by atoms with Gasteiger partial charge in [0.05, 0.1) is 16.1 Å². The van der Waals surface area contributed by atoms with Gasteiger partial charge in [-0.3, -0.25) is 4.79 Å². The number of carbonyl (C=O) groups is 1. The summed E-state index contributed by atoms with van der Waals surface area (Å²) in [6.07, 6.45) is 3.24. The molecule has 1 amide bonds. The predicted molar refractivity (Wildman–Crippen MR) is 92.8 cm³/mol. The molecular formula is C17H17Cl2NOS. The Morgan fingerprint density at radius 2 is 2.14 bits per heavy atom. The number of aryl methyl sites for hydroxylation is 1. The van der Waals surface area contributed by atoms with Gasteiger partial charge in [-0.25, -0.2) is 0 Å². The third kappa shape index (κ3) is 3.32. The number of likely N-dealkylation sites (tertiary alicyclic amines) is 1. The Bertz CT molecular complexity index is 657. The molecule has 0 bridgehead atoms. The Kier molecular flexibility index (Phi) is 5.07. The Balaban J connectivity index is 1.65. The molecule has 1 aromatic carbocycles. The van der Waals surface area contributed by atoms with E-state index in [4.69, 9.17) is 23.2 Å². The van der Waals surface area contributed by atoms with Gasteiger partial charge in [0.15, 0.2) is 0 Å². The average molecular weight is 354 g/mol. The van der Waals surface area contributed by atoms with Crippen molar-refractivity contribution in [3.63, 3.8) is 0 Å². The fourth-order valence-corrected chi connectivity index (χ4v) is 4.26. The Morgan fingerprint density at radius 3 is 2.91 bits per heavy atom. The fourth-order valence-electron chi connectivity index (χ4n) is 2.97. The van der Waals surface area contributed by atoms with Crippen LogP contribution in [0.4, 0.5) is 0 Å². The quantitative estimate of drug-likeness (QED) is 0.725. The van der Waals surface area contributed by atoms with Crippen LogP contribution in [0.3, 0.4) is 0 Å². The van der Waals surface area contributed by atoms with Crippen LogP contribution in [0.2, 0.25) is 10.0 Å². The number of amides is 1. The van der Waals surface area contributed by atoms with Crippen LogP contribution in [-0.2, 0) is 11.2 Å². The molecule has 0 N–H and O–H groups in total. The fraction of sp³-hybridized carbons (Fsp3) is 0.353. The number of hydrogen-bond donors (Lipinski definition) is 0. The maximum Gasteiger partial charge on any atom is 0.223 e. The summed E-state index contributed by atoms with van der Waals surface area (Å²) in [6, 6.07) is 9.99. The van der Waals surface area contributed by atoms with Gasteiger partial charge in [0.25, 0.3) is 0 Å². The van der Waals surface area contributed by atoms with Gasteiger partial charge in [-0.05, 0) is 42.3 Å². The lowest BCUT2D eigenvalue weighted by molar-refractivity contribution is -0.132. The summed E-state index contributed by atoms with van der Waals surface area (Å²) in [5.41, 5.74) is 0.939. The van der Waals surface area contributed by atoms with Gasteiger partial charge in [-0.15, -0.1) is 11.3 Å². The Morgan fingerprint density at radius 1 is 1.27 bits per heavy atom.